The molecule has 0 radical (unpaired) electrons. The maximum absolute atomic E-state index is 12.4. The number of benzene rings is 4. The molecule has 0 aliphatic rings. The highest BCUT2D eigenvalue weighted by molar-refractivity contribution is 5.76. The second kappa shape index (κ2) is 11.3. The van der Waals surface area contributed by atoms with E-state index in [1.807, 2.05) is 73.7 Å². The average molecular weight is 452 g/mol. The molecule has 0 aliphatic carbocycles. The lowest BCUT2D eigenvalue weighted by Crippen LogP contribution is -2.34. The first kappa shape index (κ1) is 23.3. The fourth-order valence-corrected chi connectivity index (χ4v) is 3.78. The largest absolute Gasteiger partial charge is 0.489 e. The summed E-state index contributed by atoms with van der Waals surface area (Å²) >= 11 is 0. The third-order valence-electron chi connectivity index (χ3n) is 5.65. The Labute approximate surface area is 201 Å². The van der Waals surface area contributed by atoms with Crippen LogP contribution in [0.4, 0.5) is 0 Å². The molecule has 4 rings (SSSR count). The van der Waals surface area contributed by atoms with E-state index in [9.17, 15) is 4.79 Å². The van der Waals surface area contributed by atoms with E-state index in [2.05, 4.69) is 36.4 Å². The summed E-state index contributed by atoms with van der Waals surface area (Å²) in [5.41, 5.74) is 12.4. The number of ether oxygens (including phenoxy) is 2. The molecule has 2 N–H and O–H groups in total. The molecular weight excluding hydrogens is 422 g/mol. The van der Waals surface area contributed by atoms with E-state index in [1.54, 1.807) is 0 Å². The molecule has 0 heterocycles. The van der Waals surface area contributed by atoms with Crippen molar-refractivity contribution in [2.45, 2.75) is 32.6 Å². The van der Waals surface area contributed by atoms with Crippen LogP contribution in [-0.4, -0.2) is 12.0 Å². The van der Waals surface area contributed by atoms with Crippen LogP contribution in [0.5, 0.6) is 5.75 Å². The smallest absolute Gasteiger partial charge is 0.323 e. The van der Waals surface area contributed by atoms with Crippen LogP contribution < -0.4 is 10.5 Å². The summed E-state index contributed by atoms with van der Waals surface area (Å²) in [4.78, 5) is 12.4. The number of rotatable bonds is 9. The van der Waals surface area contributed by atoms with Crippen LogP contribution in [0.3, 0.4) is 0 Å². The molecule has 1 atom stereocenters. The van der Waals surface area contributed by atoms with Crippen LogP contribution in [-0.2, 0) is 29.2 Å². The summed E-state index contributed by atoms with van der Waals surface area (Å²) in [6, 6.07) is 33.3. The van der Waals surface area contributed by atoms with E-state index in [0.717, 1.165) is 39.1 Å². The van der Waals surface area contributed by atoms with Crippen molar-refractivity contribution in [2.24, 2.45) is 5.73 Å². The zero-order chi connectivity index (χ0) is 23.8. The number of nitrogens with two attached hydrogens (primary N) is 1. The van der Waals surface area contributed by atoms with Crippen LogP contribution in [0.2, 0.25) is 0 Å². The Bertz CT molecular complexity index is 1220. The molecule has 0 amide bonds. The number of hydrogen-bond donors (Lipinski definition) is 1. The third kappa shape index (κ3) is 6.33. The van der Waals surface area contributed by atoms with Crippen molar-refractivity contribution in [1.29, 1.82) is 0 Å². The van der Waals surface area contributed by atoms with Gasteiger partial charge < -0.3 is 15.2 Å². The minimum absolute atomic E-state index is 0.228. The Balaban J connectivity index is 1.37. The molecular formula is C30H29NO3. The molecule has 0 fully saturated rings. The quantitative estimate of drug-likeness (QED) is 0.324. The van der Waals surface area contributed by atoms with Gasteiger partial charge in [-0.25, -0.2) is 0 Å². The lowest BCUT2D eigenvalue weighted by molar-refractivity contribution is -0.146. The molecule has 4 aromatic carbocycles. The van der Waals surface area contributed by atoms with Gasteiger partial charge in [-0.15, -0.1) is 0 Å². The van der Waals surface area contributed by atoms with E-state index in [0.29, 0.717) is 13.0 Å². The maximum atomic E-state index is 12.4. The third-order valence-corrected chi connectivity index (χ3v) is 5.65. The molecule has 0 spiro atoms. The van der Waals surface area contributed by atoms with Gasteiger partial charge in [-0.1, -0.05) is 91.0 Å². The molecule has 172 valence electrons. The van der Waals surface area contributed by atoms with Crippen molar-refractivity contribution >= 4 is 5.97 Å². The van der Waals surface area contributed by atoms with Gasteiger partial charge in [-0.2, -0.15) is 0 Å². The summed E-state index contributed by atoms with van der Waals surface area (Å²) in [6.45, 7) is 2.81. The minimum atomic E-state index is -0.713. The first-order valence-electron chi connectivity index (χ1n) is 11.4. The van der Waals surface area contributed by atoms with Crippen molar-refractivity contribution in [3.8, 4) is 16.9 Å². The van der Waals surface area contributed by atoms with Crippen LogP contribution in [0.1, 0.15) is 22.3 Å². The minimum Gasteiger partial charge on any atom is -0.489 e. The second-order valence-corrected chi connectivity index (χ2v) is 8.36. The van der Waals surface area contributed by atoms with E-state index in [4.69, 9.17) is 15.2 Å². The van der Waals surface area contributed by atoms with E-state index < -0.39 is 12.0 Å². The van der Waals surface area contributed by atoms with Crippen LogP contribution in [0.25, 0.3) is 11.1 Å². The first-order valence-corrected chi connectivity index (χ1v) is 11.4. The molecule has 4 heteroatoms. The van der Waals surface area contributed by atoms with Gasteiger partial charge in [-0.05, 0) is 58.9 Å². The van der Waals surface area contributed by atoms with Gasteiger partial charge in [0, 0.05) is 0 Å². The summed E-state index contributed by atoms with van der Waals surface area (Å²) in [5, 5.41) is 0. The van der Waals surface area contributed by atoms with Crippen LogP contribution in [0, 0.1) is 6.92 Å². The van der Waals surface area contributed by atoms with E-state index in [-0.39, 0.29) is 6.61 Å². The van der Waals surface area contributed by atoms with Crippen molar-refractivity contribution in [3.63, 3.8) is 0 Å². The summed E-state index contributed by atoms with van der Waals surface area (Å²) in [7, 11) is 0. The fraction of sp³-hybridized carbons (Fsp3) is 0.167. The van der Waals surface area contributed by atoms with Crippen LogP contribution >= 0.6 is 0 Å². The highest BCUT2D eigenvalue weighted by Crippen LogP contribution is 2.27. The number of aryl methyl sites for hydroxylation is 1. The van der Waals surface area contributed by atoms with Gasteiger partial charge in [0.25, 0.3) is 0 Å². The Hall–Kier alpha value is -3.89. The predicted octanol–water partition coefficient (Wildman–Crippen LogP) is 5.85. The molecule has 0 aromatic heterocycles. The van der Waals surface area contributed by atoms with E-state index in [1.165, 1.54) is 0 Å². The van der Waals surface area contributed by atoms with E-state index >= 15 is 0 Å². The van der Waals surface area contributed by atoms with Crippen molar-refractivity contribution < 1.29 is 14.3 Å². The lowest BCUT2D eigenvalue weighted by Gasteiger charge is -2.14. The molecule has 0 saturated carbocycles. The molecule has 4 aromatic rings. The van der Waals surface area contributed by atoms with Crippen molar-refractivity contribution in [2.75, 3.05) is 0 Å². The fourth-order valence-electron chi connectivity index (χ4n) is 3.78. The monoisotopic (exact) mass is 451 g/mol. The standard InChI is InChI=1S/C30H29NO3/c1-22-17-27(15-16-29(22)33-20-23-9-4-2-5-10-23)26-14-8-13-25(18-26)19-28(31)30(32)34-21-24-11-6-3-7-12-24/h2-18,28H,19-21,31H2,1H3/t28-/m0/s1. The normalized spacial score (nSPS) is 11.6. The lowest BCUT2D eigenvalue weighted by atomic mass is 9.98. The number of carbonyl (C=O) groups is 1. The Morgan fingerprint density at radius 1 is 0.735 bits per heavy atom. The highest BCUT2D eigenvalue weighted by atomic mass is 16.5. The molecule has 4 nitrogen and oxygen atoms in total. The molecule has 0 unspecified atom stereocenters. The highest BCUT2D eigenvalue weighted by Gasteiger charge is 2.16. The Morgan fingerprint density at radius 2 is 1.35 bits per heavy atom. The van der Waals surface area contributed by atoms with Crippen LogP contribution in [0.15, 0.2) is 103 Å². The molecule has 0 saturated heterocycles. The van der Waals surface area contributed by atoms with Crippen molar-refractivity contribution in [3.05, 3.63) is 125 Å². The Morgan fingerprint density at radius 3 is 2.03 bits per heavy atom. The summed E-state index contributed by atoms with van der Waals surface area (Å²) in [5.74, 6) is 0.469. The second-order valence-electron chi connectivity index (χ2n) is 8.36. The van der Waals surface area contributed by atoms with Gasteiger partial charge in [0.2, 0.25) is 0 Å². The van der Waals surface area contributed by atoms with Gasteiger partial charge in [0.15, 0.2) is 0 Å². The Kier molecular flexibility index (Phi) is 7.74. The number of hydrogen-bond acceptors (Lipinski definition) is 4. The SMILES string of the molecule is Cc1cc(-c2cccc(C[C@H](N)C(=O)OCc3ccccc3)c2)ccc1OCc1ccccc1. The number of carbonyl (C=O) groups excluding carboxylic acids is 1. The number of esters is 1. The van der Waals surface area contributed by atoms with Crippen molar-refractivity contribution in [1.82, 2.24) is 0 Å². The maximum Gasteiger partial charge on any atom is 0.323 e. The molecule has 34 heavy (non-hydrogen) atoms. The van der Waals surface area contributed by atoms with Gasteiger partial charge in [0.05, 0.1) is 0 Å². The average Bonchev–Trinajstić information content (AvgIpc) is 2.88. The predicted molar refractivity (Wildman–Crippen MR) is 135 cm³/mol. The molecule has 0 bridgehead atoms. The van der Waals surface area contributed by atoms with Gasteiger partial charge >= 0.3 is 5.97 Å². The molecule has 0 aliphatic heterocycles. The summed E-state index contributed by atoms with van der Waals surface area (Å²) < 4.78 is 11.4. The van der Waals surface area contributed by atoms with Gasteiger partial charge in [0.1, 0.15) is 25.0 Å². The summed E-state index contributed by atoms with van der Waals surface area (Å²) in [6.07, 6.45) is 0.415. The van der Waals surface area contributed by atoms with Gasteiger partial charge in [-0.3, -0.25) is 4.79 Å². The first-order chi connectivity index (χ1) is 16.6. The zero-order valence-corrected chi connectivity index (χ0v) is 19.3. The topological polar surface area (TPSA) is 61.6 Å². The zero-order valence-electron chi connectivity index (χ0n) is 19.3.